The maximum Gasteiger partial charge on any atom is 0.271 e. The molecule has 6 nitrogen and oxygen atoms in total. The fraction of sp³-hybridized carbons (Fsp3) is 0.214. The average molecular weight is 352 g/mol. The molecule has 0 saturated heterocycles. The Morgan fingerprint density at radius 2 is 2.05 bits per heavy atom. The van der Waals surface area contributed by atoms with E-state index in [1.807, 2.05) is 30.3 Å². The van der Waals surface area contributed by atoms with E-state index in [1.54, 1.807) is 0 Å². The number of halogens is 1. The SMILES string of the molecule is NC(=O)CCn1cnc(OCc2ccccc2)c(Br)c1=O. The lowest BCUT2D eigenvalue weighted by Crippen LogP contribution is -2.24. The van der Waals surface area contributed by atoms with Crippen LogP contribution in [0.5, 0.6) is 5.88 Å². The summed E-state index contributed by atoms with van der Waals surface area (Å²) in [6, 6.07) is 9.56. The minimum atomic E-state index is -0.470. The van der Waals surface area contributed by atoms with Gasteiger partial charge in [0.1, 0.15) is 17.4 Å². The van der Waals surface area contributed by atoms with Gasteiger partial charge in [0, 0.05) is 13.0 Å². The van der Waals surface area contributed by atoms with E-state index >= 15 is 0 Å². The largest absolute Gasteiger partial charge is 0.472 e. The number of primary amides is 1. The van der Waals surface area contributed by atoms with Crippen LogP contribution in [0.4, 0.5) is 0 Å². The lowest BCUT2D eigenvalue weighted by molar-refractivity contribution is -0.118. The summed E-state index contributed by atoms with van der Waals surface area (Å²) in [4.78, 5) is 26.9. The van der Waals surface area contributed by atoms with E-state index in [-0.39, 0.29) is 28.9 Å². The summed E-state index contributed by atoms with van der Waals surface area (Å²) in [5, 5.41) is 0. The van der Waals surface area contributed by atoms with E-state index < -0.39 is 5.91 Å². The third-order valence-corrected chi connectivity index (χ3v) is 3.45. The second-order valence-electron chi connectivity index (χ2n) is 4.35. The average Bonchev–Trinajstić information content (AvgIpc) is 2.48. The minimum Gasteiger partial charge on any atom is -0.472 e. The Hall–Kier alpha value is -2.15. The van der Waals surface area contributed by atoms with Crippen molar-refractivity contribution in [3.63, 3.8) is 0 Å². The predicted octanol–water partition coefficient (Wildman–Crippen LogP) is 1.46. The van der Waals surface area contributed by atoms with Crippen molar-refractivity contribution in [3.05, 3.63) is 57.0 Å². The van der Waals surface area contributed by atoms with Gasteiger partial charge in [0.05, 0.1) is 0 Å². The number of aryl methyl sites for hydroxylation is 1. The highest BCUT2D eigenvalue weighted by Crippen LogP contribution is 2.18. The van der Waals surface area contributed by atoms with Gasteiger partial charge in [-0.25, -0.2) is 4.98 Å². The van der Waals surface area contributed by atoms with Crippen molar-refractivity contribution in [2.45, 2.75) is 19.6 Å². The van der Waals surface area contributed by atoms with Gasteiger partial charge in [-0.2, -0.15) is 0 Å². The molecule has 0 spiro atoms. The molecule has 1 aromatic heterocycles. The van der Waals surface area contributed by atoms with Crippen molar-refractivity contribution in [2.24, 2.45) is 5.73 Å². The van der Waals surface area contributed by atoms with Gasteiger partial charge in [0.25, 0.3) is 5.56 Å². The molecule has 0 fully saturated rings. The molecular formula is C14H14BrN3O3. The van der Waals surface area contributed by atoms with Gasteiger partial charge >= 0.3 is 0 Å². The second kappa shape index (κ2) is 7.03. The molecular weight excluding hydrogens is 338 g/mol. The van der Waals surface area contributed by atoms with Crippen LogP contribution in [0.25, 0.3) is 0 Å². The third kappa shape index (κ3) is 4.16. The topological polar surface area (TPSA) is 87.2 Å². The number of hydrogen-bond acceptors (Lipinski definition) is 4. The Labute approximate surface area is 129 Å². The summed E-state index contributed by atoms with van der Waals surface area (Å²) >= 11 is 3.17. The molecule has 0 unspecified atom stereocenters. The molecule has 2 N–H and O–H groups in total. The lowest BCUT2D eigenvalue weighted by atomic mass is 10.2. The molecule has 0 bridgehead atoms. The molecule has 2 aromatic rings. The second-order valence-corrected chi connectivity index (χ2v) is 5.15. The summed E-state index contributed by atoms with van der Waals surface area (Å²) in [7, 11) is 0. The number of ether oxygens (including phenoxy) is 1. The van der Waals surface area contributed by atoms with E-state index in [0.717, 1.165) is 5.56 Å². The van der Waals surface area contributed by atoms with Crippen LogP contribution in [-0.4, -0.2) is 15.5 Å². The number of carbonyl (C=O) groups is 1. The van der Waals surface area contributed by atoms with E-state index in [4.69, 9.17) is 10.5 Å². The Balaban J connectivity index is 2.09. The van der Waals surface area contributed by atoms with Crippen molar-refractivity contribution in [1.82, 2.24) is 9.55 Å². The number of benzene rings is 1. The lowest BCUT2D eigenvalue weighted by Gasteiger charge is -2.09. The van der Waals surface area contributed by atoms with Crippen molar-refractivity contribution < 1.29 is 9.53 Å². The van der Waals surface area contributed by atoms with Crippen LogP contribution in [-0.2, 0) is 17.9 Å². The normalized spacial score (nSPS) is 10.3. The summed E-state index contributed by atoms with van der Waals surface area (Å²) in [5.41, 5.74) is 5.72. The number of aromatic nitrogens is 2. The quantitative estimate of drug-likeness (QED) is 0.853. The van der Waals surface area contributed by atoms with Crippen LogP contribution in [0.3, 0.4) is 0 Å². The van der Waals surface area contributed by atoms with Gasteiger partial charge in [-0.3, -0.25) is 14.2 Å². The standard InChI is InChI=1S/C14H14BrN3O3/c15-12-13(21-8-10-4-2-1-3-5-10)17-9-18(14(12)20)7-6-11(16)19/h1-5,9H,6-8H2,(H2,16,19). The van der Waals surface area contributed by atoms with Gasteiger partial charge in [-0.1, -0.05) is 30.3 Å². The molecule has 7 heteroatoms. The highest BCUT2D eigenvalue weighted by Gasteiger charge is 2.11. The molecule has 0 radical (unpaired) electrons. The fourth-order valence-corrected chi connectivity index (χ4v) is 2.11. The summed E-state index contributed by atoms with van der Waals surface area (Å²) in [6.07, 6.45) is 1.43. The Morgan fingerprint density at radius 1 is 1.33 bits per heavy atom. The molecule has 0 aliphatic carbocycles. The molecule has 0 aliphatic heterocycles. The molecule has 0 atom stereocenters. The number of hydrogen-bond donors (Lipinski definition) is 1. The first-order valence-corrected chi connectivity index (χ1v) is 7.07. The van der Waals surface area contributed by atoms with Gasteiger partial charge in [-0.05, 0) is 21.5 Å². The Bertz CT molecular complexity index is 686. The Morgan fingerprint density at radius 3 is 2.71 bits per heavy atom. The van der Waals surface area contributed by atoms with Crippen LogP contribution >= 0.6 is 15.9 Å². The van der Waals surface area contributed by atoms with Gasteiger partial charge in [-0.15, -0.1) is 0 Å². The van der Waals surface area contributed by atoms with Gasteiger partial charge < -0.3 is 10.5 Å². The van der Waals surface area contributed by atoms with Gasteiger partial charge in [0.15, 0.2) is 0 Å². The first-order chi connectivity index (χ1) is 10.1. The Kier molecular flexibility index (Phi) is 5.10. The van der Waals surface area contributed by atoms with Crippen molar-refractivity contribution in [2.75, 3.05) is 0 Å². The van der Waals surface area contributed by atoms with E-state index in [9.17, 15) is 9.59 Å². The number of amides is 1. The summed E-state index contributed by atoms with van der Waals surface area (Å²) in [6.45, 7) is 0.510. The van der Waals surface area contributed by atoms with E-state index in [2.05, 4.69) is 20.9 Å². The molecule has 1 amide bonds. The highest BCUT2D eigenvalue weighted by atomic mass is 79.9. The first-order valence-electron chi connectivity index (χ1n) is 6.28. The predicted molar refractivity (Wildman–Crippen MR) is 80.8 cm³/mol. The zero-order valence-corrected chi connectivity index (χ0v) is 12.7. The van der Waals surface area contributed by atoms with Crippen molar-refractivity contribution in [3.8, 4) is 5.88 Å². The maximum absolute atomic E-state index is 12.1. The minimum absolute atomic E-state index is 0.0816. The molecule has 2 rings (SSSR count). The smallest absolute Gasteiger partial charge is 0.271 e. The molecule has 21 heavy (non-hydrogen) atoms. The van der Waals surface area contributed by atoms with E-state index in [0.29, 0.717) is 6.61 Å². The number of nitrogens with zero attached hydrogens (tertiary/aromatic N) is 2. The van der Waals surface area contributed by atoms with Crippen LogP contribution in [0.2, 0.25) is 0 Å². The van der Waals surface area contributed by atoms with Gasteiger partial charge in [0.2, 0.25) is 11.8 Å². The molecule has 1 heterocycles. The monoisotopic (exact) mass is 351 g/mol. The first kappa shape index (κ1) is 15.2. The van der Waals surface area contributed by atoms with Crippen LogP contribution in [0, 0.1) is 0 Å². The summed E-state index contributed by atoms with van der Waals surface area (Å²) in [5.74, 6) is -0.249. The van der Waals surface area contributed by atoms with E-state index in [1.165, 1.54) is 10.9 Å². The van der Waals surface area contributed by atoms with Crippen LogP contribution in [0.1, 0.15) is 12.0 Å². The maximum atomic E-state index is 12.1. The molecule has 0 saturated carbocycles. The number of nitrogens with two attached hydrogens (primary N) is 1. The molecule has 1 aromatic carbocycles. The van der Waals surface area contributed by atoms with Crippen molar-refractivity contribution in [1.29, 1.82) is 0 Å². The number of carbonyl (C=O) groups excluding carboxylic acids is 1. The molecule has 110 valence electrons. The third-order valence-electron chi connectivity index (χ3n) is 2.77. The molecule has 0 aliphatic rings. The van der Waals surface area contributed by atoms with Crippen LogP contribution in [0.15, 0.2) is 45.9 Å². The zero-order valence-electron chi connectivity index (χ0n) is 11.2. The summed E-state index contributed by atoms with van der Waals surface area (Å²) < 4.78 is 7.06. The van der Waals surface area contributed by atoms with Crippen LogP contribution < -0.4 is 16.0 Å². The van der Waals surface area contributed by atoms with Crippen molar-refractivity contribution >= 4 is 21.8 Å². The number of rotatable bonds is 6. The fourth-order valence-electron chi connectivity index (χ4n) is 1.67. The highest BCUT2D eigenvalue weighted by molar-refractivity contribution is 9.10. The zero-order chi connectivity index (χ0) is 15.2.